The third kappa shape index (κ3) is 1.99. The van der Waals surface area contributed by atoms with Gasteiger partial charge in [0.25, 0.3) is 5.91 Å². The molecule has 74 valence electrons. The SMILES string of the molecule is O=C1COCCN1C1CNCCO1. The minimum absolute atomic E-state index is 0.0277. The minimum Gasteiger partial charge on any atom is -0.370 e. The van der Waals surface area contributed by atoms with Gasteiger partial charge in [-0.1, -0.05) is 0 Å². The van der Waals surface area contributed by atoms with Gasteiger partial charge in [0, 0.05) is 19.6 Å². The number of carbonyl (C=O) groups excluding carboxylic acids is 1. The maximum absolute atomic E-state index is 11.4. The molecule has 0 aromatic rings. The van der Waals surface area contributed by atoms with Gasteiger partial charge in [0.15, 0.2) is 0 Å². The second-order valence-corrected chi connectivity index (χ2v) is 3.17. The third-order valence-electron chi connectivity index (χ3n) is 2.28. The Labute approximate surface area is 77.0 Å². The Bertz CT molecular complexity index is 192. The molecule has 0 bridgehead atoms. The van der Waals surface area contributed by atoms with E-state index in [1.165, 1.54) is 0 Å². The van der Waals surface area contributed by atoms with Crippen LogP contribution in [0.3, 0.4) is 0 Å². The molecule has 2 aliphatic rings. The zero-order valence-corrected chi connectivity index (χ0v) is 7.49. The van der Waals surface area contributed by atoms with E-state index in [1.54, 1.807) is 4.90 Å². The fourth-order valence-corrected chi connectivity index (χ4v) is 1.59. The lowest BCUT2D eigenvalue weighted by molar-refractivity contribution is -0.163. The number of hydrogen-bond acceptors (Lipinski definition) is 4. The maximum Gasteiger partial charge on any atom is 0.250 e. The number of hydrogen-bond donors (Lipinski definition) is 1. The van der Waals surface area contributed by atoms with Crippen LogP contribution in [0.5, 0.6) is 0 Å². The molecule has 2 fully saturated rings. The summed E-state index contributed by atoms with van der Waals surface area (Å²) in [5, 5.41) is 3.19. The third-order valence-corrected chi connectivity index (χ3v) is 2.28. The standard InChI is InChI=1S/C8H14N2O3/c11-7-6-12-4-2-10(7)8-5-9-1-3-13-8/h8-9H,1-6H2. The van der Waals surface area contributed by atoms with E-state index in [9.17, 15) is 4.79 Å². The van der Waals surface area contributed by atoms with Crippen molar-refractivity contribution in [3.8, 4) is 0 Å². The largest absolute Gasteiger partial charge is 0.370 e. The van der Waals surface area contributed by atoms with Crippen LogP contribution in [0.15, 0.2) is 0 Å². The molecule has 5 nitrogen and oxygen atoms in total. The van der Waals surface area contributed by atoms with Crippen molar-refractivity contribution in [2.24, 2.45) is 0 Å². The average Bonchev–Trinajstić information content (AvgIpc) is 2.20. The van der Waals surface area contributed by atoms with E-state index in [2.05, 4.69) is 5.32 Å². The Kier molecular flexibility index (Phi) is 2.77. The van der Waals surface area contributed by atoms with Crippen molar-refractivity contribution >= 4 is 5.91 Å². The van der Waals surface area contributed by atoms with Gasteiger partial charge in [-0.2, -0.15) is 0 Å². The van der Waals surface area contributed by atoms with E-state index < -0.39 is 0 Å². The number of amides is 1. The van der Waals surface area contributed by atoms with Crippen LogP contribution < -0.4 is 5.32 Å². The maximum atomic E-state index is 11.4. The van der Waals surface area contributed by atoms with Crippen LogP contribution in [0.25, 0.3) is 0 Å². The van der Waals surface area contributed by atoms with Crippen molar-refractivity contribution in [1.82, 2.24) is 10.2 Å². The fourth-order valence-electron chi connectivity index (χ4n) is 1.59. The number of carbonyl (C=O) groups is 1. The number of nitrogens with zero attached hydrogens (tertiary/aromatic N) is 1. The first-order chi connectivity index (χ1) is 6.38. The topological polar surface area (TPSA) is 50.8 Å². The highest BCUT2D eigenvalue weighted by Gasteiger charge is 2.28. The molecule has 1 unspecified atom stereocenters. The summed E-state index contributed by atoms with van der Waals surface area (Å²) in [7, 11) is 0. The van der Waals surface area contributed by atoms with E-state index in [4.69, 9.17) is 9.47 Å². The van der Waals surface area contributed by atoms with Crippen LogP contribution >= 0.6 is 0 Å². The van der Waals surface area contributed by atoms with Crippen LogP contribution in [0.4, 0.5) is 0 Å². The van der Waals surface area contributed by atoms with Gasteiger partial charge < -0.3 is 19.7 Å². The van der Waals surface area contributed by atoms with Crippen molar-refractivity contribution in [2.45, 2.75) is 6.23 Å². The summed E-state index contributed by atoms with van der Waals surface area (Å²) in [5.41, 5.74) is 0. The van der Waals surface area contributed by atoms with Crippen LogP contribution in [0, 0.1) is 0 Å². The van der Waals surface area contributed by atoms with Crippen molar-refractivity contribution < 1.29 is 14.3 Å². The van der Waals surface area contributed by atoms with Gasteiger partial charge in [0.2, 0.25) is 0 Å². The van der Waals surface area contributed by atoms with Gasteiger partial charge in [0.05, 0.1) is 13.2 Å². The minimum atomic E-state index is -0.0925. The predicted molar refractivity (Wildman–Crippen MR) is 45.1 cm³/mol. The van der Waals surface area contributed by atoms with Crippen LogP contribution in [0.1, 0.15) is 0 Å². The molecular formula is C8H14N2O3. The monoisotopic (exact) mass is 186 g/mol. The van der Waals surface area contributed by atoms with Gasteiger partial charge in [-0.05, 0) is 0 Å². The first-order valence-electron chi connectivity index (χ1n) is 4.57. The summed E-state index contributed by atoms with van der Waals surface area (Å²) >= 11 is 0. The van der Waals surface area contributed by atoms with Crippen molar-refractivity contribution in [1.29, 1.82) is 0 Å². The lowest BCUT2D eigenvalue weighted by Gasteiger charge is -2.36. The normalized spacial score (nSPS) is 30.6. The lowest BCUT2D eigenvalue weighted by atomic mass is 10.3. The van der Waals surface area contributed by atoms with E-state index in [0.717, 1.165) is 13.1 Å². The van der Waals surface area contributed by atoms with E-state index in [1.807, 2.05) is 0 Å². The quantitative estimate of drug-likeness (QED) is 0.558. The zero-order valence-electron chi connectivity index (χ0n) is 7.49. The number of ether oxygens (including phenoxy) is 2. The highest BCUT2D eigenvalue weighted by molar-refractivity contribution is 5.78. The molecule has 0 aromatic carbocycles. The molecule has 0 aromatic heterocycles. The molecule has 2 heterocycles. The number of morpholine rings is 2. The first-order valence-corrected chi connectivity index (χ1v) is 4.57. The Morgan fingerprint density at radius 2 is 2.38 bits per heavy atom. The number of rotatable bonds is 1. The summed E-state index contributed by atoms with van der Waals surface area (Å²) in [4.78, 5) is 13.1. The molecule has 0 saturated carbocycles. The van der Waals surface area contributed by atoms with E-state index >= 15 is 0 Å². The van der Waals surface area contributed by atoms with Crippen molar-refractivity contribution in [3.05, 3.63) is 0 Å². The smallest absolute Gasteiger partial charge is 0.250 e. The molecule has 5 heteroatoms. The molecule has 1 atom stereocenters. The summed E-state index contributed by atoms with van der Waals surface area (Å²) in [6.07, 6.45) is -0.0925. The van der Waals surface area contributed by atoms with Crippen LogP contribution in [0.2, 0.25) is 0 Å². The van der Waals surface area contributed by atoms with Crippen molar-refractivity contribution in [3.63, 3.8) is 0 Å². The Balaban J connectivity index is 1.92. The molecule has 1 N–H and O–H groups in total. The molecule has 2 rings (SSSR count). The summed E-state index contributed by atoms with van der Waals surface area (Å²) in [5.74, 6) is 0.0277. The average molecular weight is 186 g/mol. The zero-order chi connectivity index (χ0) is 9.10. The molecule has 2 aliphatic heterocycles. The second kappa shape index (κ2) is 4.04. The van der Waals surface area contributed by atoms with Gasteiger partial charge in [-0.15, -0.1) is 0 Å². The van der Waals surface area contributed by atoms with Gasteiger partial charge in [-0.25, -0.2) is 0 Å². The Morgan fingerprint density at radius 3 is 3.08 bits per heavy atom. The number of nitrogens with one attached hydrogen (secondary N) is 1. The summed E-state index contributed by atoms with van der Waals surface area (Å²) < 4.78 is 10.5. The molecule has 2 saturated heterocycles. The molecule has 0 aliphatic carbocycles. The van der Waals surface area contributed by atoms with E-state index in [0.29, 0.717) is 19.8 Å². The van der Waals surface area contributed by atoms with Crippen LogP contribution in [-0.2, 0) is 14.3 Å². The lowest BCUT2D eigenvalue weighted by Crippen LogP contribution is -2.55. The molecule has 0 radical (unpaired) electrons. The first kappa shape index (κ1) is 8.93. The van der Waals surface area contributed by atoms with Crippen molar-refractivity contribution in [2.75, 3.05) is 39.5 Å². The highest BCUT2D eigenvalue weighted by Crippen LogP contribution is 2.07. The van der Waals surface area contributed by atoms with Gasteiger partial charge >= 0.3 is 0 Å². The molecule has 0 spiro atoms. The summed E-state index contributed by atoms with van der Waals surface area (Å²) in [6.45, 7) is 3.73. The van der Waals surface area contributed by atoms with Crippen LogP contribution in [-0.4, -0.2) is 56.5 Å². The molecular weight excluding hydrogens is 172 g/mol. The molecule has 1 amide bonds. The molecule has 13 heavy (non-hydrogen) atoms. The van der Waals surface area contributed by atoms with Gasteiger partial charge in [0.1, 0.15) is 12.8 Å². The van der Waals surface area contributed by atoms with E-state index in [-0.39, 0.29) is 18.7 Å². The second-order valence-electron chi connectivity index (χ2n) is 3.17. The predicted octanol–water partition coefficient (Wildman–Crippen LogP) is -1.21. The summed E-state index contributed by atoms with van der Waals surface area (Å²) in [6, 6.07) is 0. The van der Waals surface area contributed by atoms with Gasteiger partial charge in [-0.3, -0.25) is 4.79 Å². The fraction of sp³-hybridized carbons (Fsp3) is 0.875. The highest BCUT2D eigenvalue weighted by atomic mass is 16.5. The Morgan fingerprint density at radius 1 is 1.46 bits per heavy atom. The Hall–Kier alpha value is -0.650.